The van der Waals surface area contributed by atoms with Gasteiger partial charge in [-0.25, -0.2) is 0 Å². The molecule has 0 bridgehead atoms. The van der Waals surface area contributed by atoms with Crippen molar-refractivity contribution in [3.8, 4) is 5.75 Å². The maximum absolute atomic E-state index is 12.3. The predicted molar refractivity (Wildman–Crippen MR) is 110 cm³/mol. The molecule has 5 rings (SSSR count). The van der Waals surface area contributed by atoms with Gasteiger partial charge in [-0.3, -0.25) is 9.59 Å². The molecule has 1 aromatic rings. The standard InChI is InChI=1S/C23H30N2O5/c26-12-20-22-18(9-16(29-20)10-21(27)24-11-13-4-5-13)17-8-15(6-7-19(17)30-22)25-23(28)14-2-1-3-14/h6-8,13-14,16,18,20,22,26H,1-5,9-12H2,(H,24,27)(H,25,28)/t16-,18+,20-,22-/m1/s1. The Morgan fingerprint density at radius 1 is 1.17 bits per heavy atom. The van der Waals surface area contributed by atoms with Crippen LogP contribution in [-0.2, 0) is 14.3 Å². The van der Waals surface area contributed by atoms with Gasteiger partial charge in [0.15, 0.2) is 0 Å². The Kier molecular flexibility index (Phi) is 5.41. The quantitative estimate of drug-likeness (QED) is 0.636. The molecule has 2 heterocycles. The van der Waals surface area contributed by atoms with Gasteiger partial charge in [0.2, 0.25) is 11.8 Å². The number of nitrogens with one attached hydrogen (secondary N) is 2. The van der Waals surface area contributed by atoms with E-state index in [1.807, 2.05) is 18.2 Å². The number of anilines is 1. The number of carbonyl (C=O) groups is 2. The van der Waals surface area contributed by atoms with Crippen LogP contribution in [0.5, 0.6) is 5.75 Å². The molecular formula is C23H30N2O5. The highest BCUT2D eigenvalue weighted by Crippen LogP contribution is 2.47. The van der Waals surface area contributed by atoms with Crippen LogP contribution in [0.3, 0.4) is 0 Å². The van der Waals surface area contributed by atoms with E-state index in [2.05, 4.69) is 10.6 Å². The second-order valence-electron chi connectivity index (χ2n) is 9.23. The van der Waals surface area contributed by atoms with Crippen molar-refractivity contribution in [1.29, 1.82) is 0 Å². The molecule has 7 nitrogen and oxygen atoms in total. The lowest BCUT2D eigenvalue weighted by molar-refractivity contribution is -0.142. The Hall–Kier alpha value is -2.12. The Balaban J connectivity index is 1.27. The minimum absolute atomic E-state index is 0.00249. The fourth-order valence-corrected chi connectivity index (χ4v) is 4.74. The van der Waals surface area contributed by atoms with Crippen LogP contribution in [0.25, 0.3) is 0 Å². The summed E-state index contributed by atoms with van der Waals surface area (Å²) in [6.07, 6.45) is 5.40. The maximum atomic E-state index is 12.3. The molecule has 4 aliphatic rings. The monoisotopic (exact) mass is 414 g/mol. The molecule has 30 heavy (non-hydrogen) atoms. The van der Waals surface area contributed by atoms with Crippen LogP contribution in [0.15, 0.2) is 18.2 Å². The molecule has 0 spiro atoms. The van der Waals surface area contributed by atoms with Gasteiger partial charge in [-0.15, -0.1) is 0 Å². The summed E-state index contributed by atoms with van der Waals surface area (Å²) in [5.74, 6) is 1.66. The van der Waals surface area contributed by atoms with Crippen molar-refractivity contribution in [2.75, 3.05) is 18.5 Å². The molecule has 3 N–H and O–H groups in total. The lowest BCUT2D eigenvalue weighted by Crippen LogP contribution is -2.47. The van der Waals surface area contributed by atoms with E-state index in [0.29, 0.717) is 18.8 Å². The average molecular weight is 415 g/mol. The van der Waals surface area contributed by atoms with Crippen LogP contribution in [-0.4, -0.2) is 48.4 Å². The summed E-state index contributed by atoms with van der Waals surface area (Å²) >= 11 is 0. The van der Waals surface area contributed by atoms with Gasteiger partial charge in [-0.2, -0.15) is 0 Å². The first kappa shape index (κ1) is 19.8. The Bertz CT molecular complexity index is 820. The lowest BCUT2D eigenvalue weighted by atomic mass is 9.83. The summed E-state index contributed by atoms with van der Waals surface area (Å²) in [6.45, 7) is 0.595. The molecule has 0 unspecified atom stereocenters. The van der Waals surface area contributed by atoms with Crippen molar-refractivity contribution in [2.24, 2.45) is 11.8 Å². The van der Waals surface area contributed by atoms with Crippen molar-refractivity contribution < 1.29 is 24.2 Å². The molecular weight excluding hydrogens is 384 g/mol. The zero-order valence-corrected chi connectivity index (χ0v) is 17.1. The number of aliphatic hydroxyl groups is 1. The molecule has 162 valence electrons. The predicted octanol–water partition coefficient (Wildman–Crippen LogP) is 2.34. The number of carbonyl (C=O) groups excluding carboxylic acids is 2. The molecule has 2 aliphatic heterocycles. The van der Waals surface area contributed by atoms with Gasteiger partial charge in [-0.05, 0) is 56.2 Å². The highest BCUT2D eigenvalue weighted by molar-refractivity contribution is 5.93. The minimum Gasteiger partial charge on any atom is -0.487 e. The zero-order chi connectivity index (χ0) is 20.7. The molecule has 2 aliphatic carbocycles. The summed E-state index contributed by atoms with van der Waals surface area (Å²) in [5.41, 5.74) is 1.80. The van der Waals surface area contributed by atoms with Crippen molar-refractivity contribution in [3.05, 3.63) is 23.8 Å². The first-order valence-electron chi connectivity index (χ1n) is 11.2. The van der Waals surface area contributed by atoms with Crippen LogP contribution in [0.1, 0.15) is 56.4 Å². The summed E-state index contributed by atoms with van der Waals surface area (Å²) in [5, 5.41) is 15.9. The first-order valence-corrected chi connectivity index (χ1v) is 11.2. The summed E-state index contributed by atoms with van der Waals surface area (Å²) in [6, 6.07) is 5.74. The molecule has 2 saturated carbocycles. The van der Waals surface area contributed by atoms with E-state index in [1.165, 1.54) is 12.8 Å². The number of amides is 2. The van der Waals surface area contributed by atoms with Gasteiger partial charge in [0.1, 0.15) is 18.0 Å². The lowest BCUT2D eigenvalue weighted by Gasteiger charge is -2.37. The fourth-order valence-electron chi connectivity index (χ4n) is 4.74. The zero-order valence-electron chi connectivity index (χ0n) is 17.1. The number of benzene rings is 1. The maximum Gasteiger partial charge on any atom is 0.227 e. The number of ether oxygens (including phenoxy) is 2. The third-order valence-corrected chi connectivity index (χ3v) is 6.94. The normalized spacial score (nSPS) is 29.9. The van der Waals surface area contributed by atoms with E-state index in [-0.39, 0.29) is 42.5 Å². The molecule has 0 radical (unpaired) electrons. The van der Waals surface area contributed by atoms with E-state index >= 15 is 0 Å². The Labute approximate surface area is 176 Å². The highest BCUT2D eigenvalue weighted by atomic mass is 16.6. The number of fused-ring (bicyclic) bond motifs is 3. The molecule has 1 saturated heterocycles. The van der Waals surface area contributed by atoms with Gasteiger partial charge in [-0.1, -0.05) is 6.42 Å². The van der Waals surface area contributed by atoms with Gasteiger partial charge >= 0.3 is 0 Å². The van der Waals surface area contributed by atoms with E-state index in [9.17, 15) is 14.7 Å². The van der Waals surface area contributed by atoms with Gasteiger partial charge in [0, 0.05) is 29.6 Å². The number of rotatable bonds is 7. The van der Waals surface area contributed by atoms with Crippen LogP contribution in [0.4, 0.5) is 5.69 Å². The summed E-state index contributed by atoms with van der Waals surface area (Å²) in [7, 11) is 0. The van der Waals surface area contributed by atoms with Crippen LogP contribution < -0.4 is 15.4 Å². The summed E-state index contributed by atoms with van der Waals surface area (Å²) in [4.78, 5) is 24.6. The van der Waals surface area contributed by atoms with Crippen molar-refractivity contribution in [2.45, 2.75) is 69.2 Å². The third kappa shape index (κ3) is 4.05. The molecule has 4 atom stereocenters. The second-order valence-corrected chi connectivity index (χ2v) is 9.23. The highest BCUT2D eigenvalue weighted by Gasteiger charge is 2.46. The fraction of sp³-hybridized carbons (Fsp3) is 0.652. The number of aliphatic hydroxyl groups excluding tert-OH is 1. The van der Waals surface area contributed by atoms with E-state index in [1.54, 1.807) is 0 Å². The molecule has 3 fully saturated rings. The third-order valence-electron chi connectivity index (χ3n) is 6.94. The van der Waals surface area contributed by atoms with Gasteiger partial charge in [0.25, 0.3) is 0 Å². The van der Waals surface area contributed by atoms with Crippen LogP contribution in [0.2, 0.25) is 0 Å². The van der Waals surface area contributed by atoms with E-state index in [0.717, 1.165) is 42.8 Å². The van der Waals surface area contributed by atoms with Crippen molar-refractivity contribution in [1.82, 2.24) is 5.32 Å². The second kappa shape index (κ2) is 8.19. The van der Waals surface area contributed by atoms with Gasteiger partial charge in [0.05, 0.1) is 19.1 Å². The molecule has 7 heteroatoms. The summed E-state index contributed by atoms with van der Waals surface area (Å²) < 4.78 is 12.1. The molecule has 0 aromatic heterocycles. The smallest absolute Gasteiger partial charge is 0.227 e. The number of hydrogen-bond donors (Lipinski definition) is 3. The topological polar surface area (TPSA) is 96.9 Å². The first-order chi connectivity index (χ1) is 14.6. The van der Waals surface area contributed by atoms with Crippen molar-refractivity contribution >= 4 is 17.5 Å². The van der Waals surface area contributed by atoms with Gasteiger partial charge < -0.3 is 25.2 Å². The van der Waals surface area contributed by atoms with E-state index in [4.69, 9.17) is 9.47 Å². The minimum atomic E-state index is -0.467. The largest absolute Gasteiger partial charge is 0.487 e. The van der Waals surface area contributed by atoms with Crippen molar-refractivity contribution in [3.63, 3.8) is 0 Å². The van der Waals surface area contributed by atoms with Crippen LogP contribution in [0, 0.1) is 11.8 Å². The number of hydrogen-bond acceptors (Lipinski definition) is 5. The SMILES string of the molecule is O=C(C[C@H]1C[C@H]2c3cc(NC(=O)C4CCC4)ccc3O[C@H]2[C@@H](CO)O1)NCC1CC1. The van der Waals surface area contributed by atoms with Crippen LogP contribution >= 0.6 is 0 Å². The average Bonchev–Trinajstić information content (AvgIpc) is 3.45. The molecule has 1 aromatic carbocycles. The molecule has 2 amide bonds. The Morgan fingerprint density at radius 2 is 2.00 bits per heavy atom. The van der Waals surface area contributed by atoms with E-state index < -0.39 is 6.10 Å². The Morgan fingerprint density at radius 3 is 2.70 bits per heavy atom.